The summed E-state index contributed by atoms with van der Waals surface area (Å²) in [6.07, 6.45) is 3.04. The molecule has 2 aromatic rings. The van der Waals surface area contributed by atoms with E-state index >= 15 is 0 Å². The fourth-order valence-electron chi connectivity index (χ4n) is 3.87. The molecule has 21 heavy (non-hydrogen) atoms. The molecule has 2 atom stereocenters. The third-order valence-electron chi connectivity index (χ3n) is 4.83. The molecule has 0 radical (unpaired) electrons. The zero-order valence-electron chi connectivity index (χ0n) is 12.1. The normalized spacial score (nSPS) is 23.0. The van der Waals surface area contributed by atoms with E-state index in [2.05, 4.69) is 23.1 Å². The van der Waals surface area contributed by atoms with E-state index in [1.54, 1.807) is 13.2 Å². The van der Waals surface area contributed by atoms with E-state index in [0.29, 0.717) is 12.1 Å². The first-order valence-electron chi connectivity index (χ1n) is 7.47. The lowest BCUT2D eigenvalue weighted by atomic mass is 9.92. The van der Waals surface area contributed by atoms with Crippen LogP contribution in [0.15, 0.2) is 42.5 Å². The smallest absolute Gasteiger partial charge is 0.126 e. The molecule has 2 heterocycles. The lowest BCUT2D eigenvalue weighted by Crippen LogP contribution is -2.37. The van der Waals surface area contributed by atoms with Gasteiger partial charge in [0.05, 0.1) is 13.2 Å². The minimum absolute atomic E-state index is 0.0428. The van der Waals surface area contributed by atoms with Crippen LogP contribution in [0, 0.1) is 5.82 Å². The topological polar surface area (TPSA) is 12.5 Å². The summed E-state index contributed by atoms with van der Waals surface area (Å²) in [5.74, 6) is 0.827. The standard InChI is InChI=1S/C18H18FNO/c1-21-14-8-5-12(6-9-14)20-13-7-10-18(20)15-3-2-4-17(19)16(15)11-13/h2-6,8-9,13,18H,7,10-11H2,1H3. The molecule has 0 amide bonds. The summed E-state index contributed by atoms with van der Waals surface area (Å²) >= 11 is 0. The van der Waals surface area contributed by atoms with Crippen molar-refractivity contribution in [2.75, 3.05) is 12.0 Å². The van der Waals surface area contributed by atoms with Gasteiger partial charge in [0.2, 0.25) is 0 Å². The van der Waals surface area contributed by atoms with Crippen molar-refractivity contribution in [3.05, 3.63) is 59.4 Å². The second-order valence-electron chi connectivity index (χ2n) is 5.86. The zero-order valence-corrected chi connectivity index (χ0v) is 12.1. The number of hydrogen-bond acceptors (Lipinski definition) is 2. The van der Waals surface area contributed by atoms with Crippen molar-refractivity contribution in [2.24, 2.45) is 0 Å². The van der Waals surface area contributed by atoms with Crippen LogP contribution in [-0.2, 0) is 6.42 Å². The van der Waals surface area contributed by atoms with Crippen LogP contribution in [0.1, 0.15) is 30.0 Å². The van der Waals surface area contributed by atoms with Crippen LogP contribution in [0.5, 0.6) is 5.75 Å². The molecule has 108 valence electrons. The first-order chi connectivity index (χ1) is 10.3. The largest absolute Gasteiger partial charge is 0.497 e. The third kappa shape index (κ3) is 1.91. The SMILES string of the molecule is COc1ccc(N2C3CCC2c2cccc(F)c2C3)cc1. The fourth-order valence-corrected chi connectivity index (χ4v) is 3.87. The Labute approximate surface area is 124 Å². The van der Waals surface area contributed by atoms with Gasteiger partial charge >= 0.3 is 0 Å². The number of benzene rings is 2. The monoisotopic (exact) mass is 283 g/mol. The molecule has 2 nitrogen and oxygen atoms in total. The number of rotatable bonds is 2. The predicted molar refractivity (Wildman–Crippen MR) is 81.3 cm³/mol. The van der Waals surface area contributed by atoms with E-state index in [4.69, 9.17) is 4.74 Å². The second kappa shape index (κ2) is 4.76. The van der Waals surface area contributed by atoms with Crippen molar-refractivity contribution in [1.29, 1.82) is 0 Å². The van der Waals surface area contributed by atoms with Crippen LogP contribution < -0.4 is 9.64 Å². The predicted octanol–water partition coefficient (Wildman–Crippen LogP) is 4.10. The van der Waals surface area contributed by atoms with Crippen molar-refractivity contribution < 1.29 is 9.13 Å². The fraction of sp³-hybridized carbons (Fsp3) is 0.333. The molecule has 0 saturated carbocycles. The average molecular weight is 283 g/mol. The summed E-state index contributed by atoms with van der Waals surface area (Å²) < 4.78 is 19.3. The number of halogens is 1. The maximum absolute atomic E-state index is 14.0. The molecule has 2 aromatic carbocycles. The highest BCUT2D eigenvalue weighted by Crippen LogP contribution is 2.46. The first-order valence-corrected chi connectivity index (χ1v) is 7.47. The Balaban J connectivity index is 1.75. The van der Waals surface area contributed by atoms with Gasteiger partial charge in [-0.05, 0) is 60.7 Å². The molecule has 4 rings (SSSR count). The van der Waals surface area contributed by atoms with Crippen LogP contribution in [0.25, 0.3) is 0 Å². The quantitative estimate of drug-likeness (QED) is 0.822. The van der Waals surface area contributed by atoms with Gasteiger partial charge in [-0.25, -0.2) is 4.39 Å². The minimum Gasteiger partial charge on any atom is -0.497 e. The molecule has 0 N–H and O–H groups in total. The van der Waals surface area contributed by atoms with Gasteiger partial charge in [-0.3, -0.25) is 0 Å². The van der Waals surface area contributed by atoms with E-state index in [-0.39, 0.29) is 5.82 Å². The van der Waals surface area contributed by atoms with Crippen LogP contribution >= 0.6 is 0 Å². The summed E-state index contributed by atoms with van der Waals surface area (Å²) in [6.45, 7) is 0. The van der Waals surface area contributed by atoms with Crippen LogP contribution in [-0.4, -0.2) is 13.2 Å². The van der Waals surface area contributed by atoms with Crippen LogP contribution in [0.4, 0.5) is 10.1 Å². The molecule has 1 fully saturated rings. The molecule has 0 aromatic heterocycles. The molecule has 3 heteroatoms. The molecule has 2 aliphatic heterocycles. The van der Waals surface area contributed by atoms with Crippen molar-refractivity contribution in [3.63, 3.8) is 0 Å². The van der Waals surface area contributed by atoms with Crippen molar-refractivity contribution in [1.82, 2.24) is 0 Å². The lowest BCUT2D eigenvalue weighted by Gasteiger charge is -2.38. The Morgan fingerprint density at radius 2 is 1.90 bits per heavy atom. The maximum atomic E-state index is 14.0. The molecule has 2 bridgehead atoms. The highest BCUT2D eigenvalue weighted by atomic mass is 19.1. The van der Waals surface area contributed by atoms with Gasteiger partial charge in [-0.15, -0.1) is 0 Å². The van der Waals surface area contributed by atoms with E-state index in [0.717, 1.165) is 30.6 Å². The second-order valence-corrected chi connectivity index (χ2v) is 5.86. The summed E-state index contributed by atoms with van der Waals surface area (Å²) in [5, 5.41) is 0. The Hall–Kier alpha value is -2.03. The van der Waals surface area contributed by atoms with E-state index in [9.17, 15) is 4.39 Å². The van der Waals surface area contributed by atoms with Gasteiger partial charge in [0.15, 0.2) is 0 Å². The van der Waals surface area contributed by atoms with Gasteiger partial charge in [0.25, 0.3) is 0 Å². The van der Waals surface area contributed by atoms with Crippen molar-refractivity contribution in [3.8, 4) is 5.75 Å². The van der Waals surface area contributed by atoms with E-state index in [1.165, 1.54) is 11.3 Å². The van der Waals surface area contributed by atoms with Gasteiger partial charge in [0, 0.05) is 11.7 Å². The first kappa shape index (κ1) is 12.7. The average Bonchev–Trinajstić information content (AvgIpc) is 2.84. The summed E-state index contributed by atoms with van der Waals surface area (Å²) in [7, 11) is 1.68. The summed E-state index contributed by atoms with van der Waals surface area (Å²) in [6, 6.07) is 14.4. The Morgan fingerprint density at radius 1 is 1.10 bits per heavy atom. The van der Waals surface area contributed by atoms with Crippen LogP contribution in [0.2, 0.25) is 0 Å². The number of hydrogen-bond donors (Lipinski definition) is 0. The summed E-state index contributed by atoms with van der Waals surface area (Å²) in [4.78, 5) is 2.46. The van der Waals surface area contributed by atoms with Gasteiger partial charge in [-0.2, -0.15) is 0 Å². The van der Waals surface area contributed by atoms with E-state index in [1.807, 2.05) is 18.2 Å². The van der Waals surface area contributed by atoms with Gasteiger partial charge in [-0.1, -0.05) is 12.1 Å². The van der Waals surface area contributed by atoms with Crippen molar-refractivity contribution >= 4 is 5.69 Å². The van der Waals surface area contributed by atoms with Gasteiger partial charge < -0.3 is 9.64 Å². The van der Waals surface area contributed by atoms with Gasteiger partial charge in [0.1, 0.15) is 11.6 Å². The lowest BCUT2D eigenvalue weighted by molar-refractivity contribution is 0.414. The molecular formula is C18H18FNO. The molecule has 2 aliphatic rings. The maximum Gasteiger partial charge on any atom is 0.126 e. The number of nitrogens with zero attached hydrogens (tertiary/aromatic N) is 1. The summed E-state index contributed by atoms with van der Waals surface area (Å²) in [5.41, 5.74) is 3.30. The van der Waals surface area contributed by atoms with Crippen molar-refractivity contribution in [2.45, 2.75) is 31.3 Å². The molecular weight excluding hydrogens is 265 g/mol. The highest BCUT2D eigenvalue weighted by molar-refractivity contribution is 5.56. The molecule has 0 aliphatic carbocycles. The number of methoxy groups -OCH3 is 1. The highest BCUT2D eigenvalue weighted by Gasteiger charge is 2.40. The Morgan fingerprint density at radius 3 is 2.67 bits per heavy atom. The zero-order chi connectivity index (χ0) is 14.4. The van der Waals surface area contributed by atoms with Crippen LogP contribution in [0.3, 0.4) is 0 Å². The third-order valence-corrected chi connectivity index (χ3v) is 4.83. The Bertz CT molecular complexity index is 667. The number of ether oxygens (including phenoxy) is 1. The molecule has 2 unspecified atom stereocenters. The Kier molecular flexibility index (Phi) is 2.88. The molecule has 1 saturated heterocycles. The molecule has 0 spiro atoms. The number of anilines is 1. The minimum atomic E-state index is -0.0428. The number of fused-ring (bicyclic) bond motifs is 4. The van der Waals surface area contributed by atoms with E-state index < -0.39 is 0 Å².